The zero-order valence-corrected chi connectivity index (χ0v) is 18.9. The third kappa shape index (κ3) is 5.61. The van der Waals surface area contributed by atoms with E-state index in [9.17, 15) is 10.2 Å². The molecule has 2 fully saturated rings. The topological polar surface area (TPSA) is 58.9 Å². The molecule has 2 aromatic rings. The first-order chi connectivity index (χ1) is 15.0. The van der Waals surface area contributed by atoms with Crippen LogP contribution in [0.1, 0.15) is 68.2 Å². The summed E-state index contributed by atoms with van der Waals surface area (Å²) in [4.78, 5) is 0. The van der Waals surface area contributed by atoms with E-state index in [1.807, 2.05) is 12.1 Å². The average molecular weight is 445 g/mol. The Morgan fingerprint density at radius 1 is 1.06 bits per heavy atom. The molecule has 0 amide bonds. The third-order valence-electron chi connectivity index (χ3n) is 6.63. The van der Waals surface area contributed by atoms with Crippen LogP contribution >= 0.6 is 11.6 Å². The van der Waals surface area contributed by atoms with Crippen molar-refractivity contribution in [1.29, 1.82) is 0 Å². The quantitative estimate of drug-likeness (QED) is 0.621. The minimum absolute atomic E-state index is 0.156. The molecule has 0 spiro atoms. The highest BCUT2D eigenvalue weighted by Gasteiger charge is 2.35. The van der Waals surface area contributed by atoms with Crippen LogP contribution in [0.2, 0.25) is 5.02 Å². The fourth-order valence-corrected chi connectivity index (χ4v) is 5.01. The van der Waals surface area contributed by atoms with Gasteiger partial charge in [0.25, 0.3) is 0 Å². The second-order valence-corrected chi connectivity index (χ2v) is 9.51. The van der Waals surface area contributed by atoms with Crippen molar-refractivity contribution in [3.8, 4) is 5.75 Å². The van der Waals surface area contributed by atoms with Gasteiger partial charge in [0.1, 0.15) is 11.9 Å². The Bertz CT molecular complexity index is 847. The molecular weight excluding hydrogens is 412 g/mol. The molecule has 168 valence electrons. The van der Waals surface area contributed by atoms with Gasteiger partial charge < -0.3 is 19.7 Å². The molecule has 1 heterocycles. The zero-order chi connectivity index (χ0) is 21.8. The van der Waals surface area contributed by atoms with Crippen molar-refractivity contribution in [2.75, 3.05) is 6.61 Å². The second kappa shape index (κ2) is 10.4. The van der Waals surface area contributed by atoms with Crippen LogP contribution in [0.15, 0.2) is 42.5 Å². The minimum atomic E-state index is -0.627. The van der Waals surface area contributed by atoms with Crippen molar-refractivity contribution < 1.29 is 19.7 Å². The number of halogens is 1. The van der Waals surface area contributed by atoms with E-state index in [0.717, 1.165) is 41.2 Å². The van der Waals surface area contributed by atoms with Gasteiger partial charge in [-0.1, -0.05) is 49.2 Å². The smallest absolute Gasteiger partial charge is 0.119 e. The molecule has 4 rings (SSSR count). The first kappa shape index (κ1) is 22.6. The highest BCUT2D eigenvalue weighted by Crippen LogP contribution is 2.37. The number of benzene rings is 2. The molecule has 4 unspecified atom stereocenters. The van der Waals surface area contributed by atoms with E-state index in [1.165, 1.54) is 24.8 Å². The summed E-state index contributed by atoms with van der Waals surface area (Å²) in [7, 11) is 0. The highest BCUT2D eigenvalue weighted by atomic mass is 35.5. The summed E-state index contributed by atoms with van der Waals surface area (Å²) in [6.45, 7) is 1.89. The molecule has 4 nitrogen and oxygen atoms in total. The number of aliphatic hydroxyl groups excluding tert-OH is 2. The van der Waals surface area contributed by atoms with Gasteiger partial charge in [-0.3, -0.25) is 0 Å². The molecule has 1 saturated heterocycles. The Balaban J connectivity index is 1.45. The summed E-state index contributed by atoms with van der Waals surface area (Å²) < 4.78 is 12.2. The normalized spacial score (nSPS) is 27.2. The van der Waals surface area contributed by atoms with Crippen molar-refractivity contribution in [2.45, 2.75) is 76.3 Å². The third-order valence-corrected chi connectivity index (χ3v) is 7.00. The lowest BCUT2D eigenvalue weighted by atomic mass is 9.86. The summed E-state index contributed by atoms with van der Waals surface area (Å²) in [6.07, 6.45) is 6.50. The van der Waals surface area contributed by atoms with E-state index in [-0.39, 0.29) is 18.6 Å². The summed E-state index contributed by atoms with van der Waals surface area (Å²) in [5.74, 6) is 1.09. The molecule has 2 N–H and O–H groups in total. The van der Waals surface area contributed by atoms with Crippen molar-refractivity contribution >= 4 is 11.6 Å². The molecule has 0 aromatic heterocycles. The number of ether oxygens (including phenoxy) is 2. The Labute approximate surface area is 190 Å². The van der Waals surface area contributed by atoms with E-state index < -0.39 is 12.2 Å². The van der Waals surface area contributed by atoms with Gasteiger partial charge in [0, 0.05) is 5.02 Å². The fourth-order valence-electron chi connectivity index (χ4n) is 4.83. The summed E-state index contributed by atoms with van der Waals surface area (Å²) in [6, 6.07) is 14.3. The monoisotopic (exact) mass is 444 g/mol. The van der Waals surface area contributed by atoms with Crippen molar-refractivity contribution in [3.05, 3.63) is 64.2 Å². The van der Waals surface area contributed by atoms with Crippen molar-refractivity contribution in [3.63, 3.8) is 0 Å². The van der Waals surface area contributed by atoms with Crippen molar-refractivity contribution in [1.82, 2.24) is 0 Å². The molecule has 2 aliphatic rings. The van der Waals surface area contributed by atoms with E-state index in [1.54, 1.807) is 0 Å². The molecule has 1 aliphatic carbocycles. The predicted octanol–water partition coefficient (Wildman–Crippen LogP) is 5.46. The van der Waals surface area contributed by atoms with Crippen LogP contribution in [0, 0.1) is 5.92 Å². The van der Waals surface area contributed by atoms with Crippen LogP contribution in [-0.2, 0) is 11.2 Å². The summed E-state index contributed by atoms with van der Waals surface area (Å²) >= 11 is 6.52. The molecule has 1 saturated carbocycles. The summed E-state index contributed by atoms with van der Waals surface area (Å²) in [5, 5.41) is 20.4. The number of hydrogen-bond donors (Lipinski definition) is 2. The lowest BCUT2D eigenvalue weighted by Gasteiger charge is -2.38. The fraction of sp³-hybridized carbons (Fsp3) is 0.538. The largest absolute Gasteiger partial charge is 0.490 e. The van der Waals surface area contributed by atoms with E-state index in [4.69, 9.17) is 21.1 Å². The standard InChI is InChI=1S/C26H33ClO4/c1-17-13-24(29)25(16-28)31-26(17)19-9-12-23(27)20(15-19)14-18-7-10-22(11-8-18)30-21-5-3-2-4-6-21/h7-12,15,17,21,24-26,28-29H,2-6,13-14,16H2,1H3. The molecule has 1 aliphatic heterocycles. The zero-order valence-electron chi connectivity index (χ0n) is 18.2. The maximum atomic E-state index is 10.1. The lowest BCUT2D eigenvalue weighted by Crippen LogP contribution is -2.41. The van der Waals surface area contributed by atoms with Crippen LogP contribution in [-0.4, -0.2) is 35.1 Å². The van der Waals surface area contributed by atoms with Gasteiger partial charge in [0.05, 0.1) is 24.9 Å². The minimum Gasteiger partial charge on any atom is -0.490 e. The van der Waals surface area contributed by atoms with Crippen LogP contribution in [0.25, 0.3) is 0 Å². The maximum absolute atomic E-state index is 10.1. The predicted molar refractivity (Wildman–Crippen MR) is 123 cm³/mol. The molecular formula is C26H33ClO4. The van der Waals surface area contributed by atoms with E-state index in [2.05, 4.69) is 37.3 Å². The van der Waals surface area contributed by atoms with Gasteiger partial charge in [-0.2, -0.15) is 0 Å². The number of rotatable bonds is 6. The Hall–Kier alpha value is -1.59. The Morgan fingerprint density at radius 3 is 2.52 bits per heavy atom. The van der Waals surface area contributed by atoms with Gasteiger partial charge in [0.15, 0.2) is 0 Å². The van der Waals surface area contributed by atoms with Gasteiger partial charge in [-0.15, -0.1) is 0 Å². The van der Waals surface area contributed by atoms with Crippen LogP contribution < -0.4 is 4.74 Å². The number of hydrogen-bond acceptors (Lipinski definition) is 4. The van der Waals surface area contributed by atoms with Gasteiger partial charge in [-0.25, -0.2) is 0 Å². The lowest BCUT2D eigenvalue weighted by molar-refractivity contribution is -0.157. The van der Waals surface area contributed by atoms with Crippen LogP contribution in [0.3, 0.4) is 0 Å². The van der Waals surface area contributed by atoms with Crippen LogP contribution in [0.5, 0.6) is 5.75 Å². The first-order valence-corrected chi connectivity index (χ1v) is 11.9. The SMILES string of the molecule is CC1CC(O)C(CO)OC1c1ccc(Cl)c(Cc2ccc(OC3CCCCC3)cc2)c1. The van der Waals surface area contributed by atoms with Crippen LogP contribution in [0.4, 0.5) is 0 Å². The Kier molecular flexibility index (Phi) is 7.55. The van der Waals surface area contributed by atoms with Gasteiger partial charge >= 0.3 is 0 Å². The molecule has 0 bridgehead atoms. The van der Waals surface area contributed by atoms with Gasteiger partial charge in [-0.05, 0) is 79.3 Å². The van der Waals surface area contributed by atoms with E-state index in [0.29, 0.717) is 12.5 Å². The maximum Gasteiger partial charge on any atom is 0.119 e. The highest BCUT2D eigenvalue weighted by molar-refractivity contribution is 6.31. The molecule has 0 radical (unpaired) electrons. The van der Waals surface area contributed by atoms with E-state index >= 15 is 0 Å². The molecule has 4 atom stereocenters. The van der Waals surface area contributed by atoms with Gasteiger partial charge in [0.2, 0.25) is 0 Å². The summed E-state index contributed by atoms with van der Waals surface area (Å²) in [5.41, 5.74) is 3.26. The Morgan fingerprint density at radius 2 is 1.81 bits per heavy atom. The van der Waals surface area contributed by atoms with Crippen molar-refractivity contribution in [2.24, 2.45) is 5.92 Å². The molecule has 5 heteroatoms. The molecule has 31 heavy (non-hydrogen) atoms. The average Bonchev–Trinajstić information content (AvgIpc) is 2.78. The first-order valence-electron chi connectivity index (χ1n) is 11.5. The molecule has 2 aromatic carbocycles. The number of aliphatic hydroxyl groups is 2. The second-order valence-electron chi connectivity index (χ2n) is 9.11.